The second kappa shape index (κ2) is 8.06. The van der Waals surface area contributed by atoms with E-state index in [0.717, 1.165) is 24.0 Å². The fourth-order valence-electron chi connectivity index (χ4n) is 4.84. The molecule has 0 bridgehead atoms. The Kier molecular flexibility index (Phi) is 5.45. The van der Waals surface area contributed by atoms with Crippen molar-refractivity contribution < 1.29 is 23.1 Å². The van der Waals surface area contributed by atoms with Gasteiger partial charge in [-0.05, 0) is 73.4 Å². The van der Waals surface area contributed by atoms with Crippen molar-refractivity contribution in [2.45, 2.75) is 54.8 Å². The lowest BCUT2D eigenvalue weighted by Crippen LogP contribution is -2.47. The summed E-state index contributed by atoms with van der Waals surface area (Å²) < 4.78 is 25.1. The molecule has 2 aliphatic carbocycles. The Hall–Kier alpha value is -2.51. The summed E-state index contributed by atoms with van der Waals surface area (Å²) in [5, 5.41) is 9.92. The van der Waals surface area contributed by atoms with E-state index >= 15 is 0 Å². The van der Waals surface area contributed by atoms with Crippen LogP contribution in [0.15, 0.2) is 53.4 Å². The zero-order valence-electron chi connectivity index (χ0n) is 18.7. The zero-order chi connectivity index (χ0) is 23.4. The van der Waals surface area contributed by atoms with Crippen molar-refractivity contribution in [3.8, 4) is 11.1 Å². The summed E-state index contributed by atoms with van der Waals surface area (Å²) in [6.45, 7) is 2.96. The third-order valence-electron chi connectivity index (χ3n) is 7.30. The normalized spacial score (nSPS) is 24.4. The molecule has 1 amide bonds. The molecule has 174 valence electrons. The molecule has 1 aliphatic heterocycles. The third kappa shape index (κ3) is 4.24. The van der Waals surface area contributed by atoms with Crippen molar-refractivity contribution in [2.75, 3.05) is 13.1 Å². The highest BCUT2D eigenvalue weighted by atomic mass is 32.2. The van der Waals surface area contributed by atoms with Crippen LogP contribution in [0.25, 0.3) is 11.1 Å². The maximum Gasteiger partial charge on any atom is 0.253 e. The van der Waals surface area contributed by atoms with Crippen LogP contribution in [0, 0.1) is 11.8 Å². The lowest BCUT2D eigenvalue weighted by atomic mass is 9.81. The van der Waals surface area contributed by atoms with Gasteiger partial charge in [0.05, 0.1) is 10.1 Å². The second-order valence-electron chi connectivity index (χ2n) is 9.87. The first-order valence-electron chi connectivity index (χ1n) is 11.7. The minimum atomic E-state index is -3.25. The molecular formula is C26H29NO5S. The number of aliphatic hydroxyl groups is 1. The number of rotatable bonds is 6. The monoisotopic (exact) mass is 467 g/mol. The minimum Gasteiger partial charge on any atom is -0.382 e. The number of hydrogen-bond acceptors (Lipinski definition) is 5. The van der Waals surface area contributed by atoms with E-state index in [-0.39, 0.29) is 28.8 Å². The highest BCUT2D eigenvalue weighted by Gasteiger charge is 2.51. The molecule has 0 spiro atoms. The highest BCUT2D eigenvalue weighted by molar-refractivity contribution is 7.92. The molecule has 1 N–H and O–H groups in total. The van der Waals surface area contributed by atoms with Crippen LogP contribution in [0.4, 0.5) is 0 Å². The third-order valence-corrected chi connectivity index (χ3v) is 9.56. The maximum absolute atomic E-state index is 13.1. The van der Waals surface area contributed by atoms with Crippen molar-refractivity contribution in [1.29, 1.82) is 0 Å². The maximum atomic E-state index is 13.1. The molecule has 1 saturated heterocycles. The summed E-state index contributed by atoms with van der Waals surface area (Å²) in [6.07, 6.45) is 3.15. The molecule has 2 saturated carbocycles. The summed E-state index contributed by atoms with van der Waals surface area (Å²) in [7, 11) is -3.25. The second-order valence-corrected chi connectivity index (χ2v) is 12.1. The van der Waals surface area contributed by atoms with E-state index in [1.807, 2.05) is 25.1 Å². The summed E-state index contributed by atoms with van der Waals surface area (Å²) in [6, 6.07) is 14.2. The van der Waals surface area contributed by atoms with E-state index in [4.69, 9.17) is 0 Å². The van der Waals surface area contributed by atoms with E-state index in [9.17, 15) is 23.1 Å². The predicted molar refractivity (Wildman–Crippen MR) is 124 cm³/mol. The molecule has 0 aromatic heterocycles. The summed E-state index contributed by atoms with van der Waals surface area (Å²) in [4.78, 5) is 27.7. The lowest BCUT2D eigenvalue weighted by molar-refractivity contribution is -0.136. The Bertz CT molecular complexity index is 1200. The van der Waals surface area contributed by atoms with E-state index in [2.05, 4.69) is 0 Å². The van der Waals surface area contributed by atoms with Crippen LogP contribution >= 0.6 is 0 Å². The van der Waals surface area contributed by atoms with Crippen molar-refractivity contribution in [2.24, 2.45) is 11.8 Å². The topological polar surface area (TPSA) is 91.8 Å². The van der Waals surface area contributed by atoms with Gasteiger partial charge in [-0.15, -0.1) is 0 Å². The van der Waals surface area contributed by atoms with Crippen LogP contribution in [-0.2, 0) is 14.6 Å². The Morgan fingerprint density at radius 1 is 1.00 bits per heavy atom. The van der Waals surface area contributed by atoms with Crippen molar-refractivity contribution >= 4 is 21.5 Å². The smallest absolute Gasteiger partial charge is 0.253 e. The number of carbonyl (C=O) groups is 2. The van der Waals surface area contributed by atoms with Crippen LogP contribution in [0.5, 0.6) is 0 Å². The Morgan fingerprint density at radius 3 is 2.30 bits per heavy atom. The number of piperidine rings is 1. The number of benzene rings is 2. The molecule has 2 aromatic rings. The van der Waals surface area contributed by atoms with Gasteiger partial charge in [-0.2, -0.15) is 0 Å². The van der Waals surface area contributed by atoms with Gasteiger partial charge in [0.25, 0.3) is 5.91 Å². The number of Topliss-reactive ketones (excluding diaryl/α,β-unsaturated/α-hetero) is 1. The Labute approximate surface area is 194 Å². The first kappa shape index (κ1) is 22.3. The number of ketones is 1. The van der Waals surface area contributed by atoms with Gasteiger partial charge in [-0.1, -0.05) is 31.2 Å². The molecule has 5 rings (SSSR count). The number of hydrogen-bond donors (Lipinski definition) is 1. The van der Waals surface area contributed by atoms with Crippen molar-refractivity contribution in [3.63, 3.8) is 0 Å². The number of likely N-dealkylation sites (tertiary alicyclic amines) is 1. The summed E-state index contributed by atoms with van der Waals surface area (Å²) >= 11 is 0. The summed E-state index contributed by atoms with van der Waals surface area (Å²) in [5.74, 6) is -0.315. The van der Waals surface area contributed by atoms with Gasteiger partial charge < -0.3 is 10.0 Å². The van der Waals surface area contributed by atoms with E-state index in [1.165, 1.54) is 0 Å². The SMILES string of the molecule is CC1CN(C(=O)c2ccc(-c3cccc(S(=O)(=O)C4CC4)c3)cc2)CCC1C(=O)C1(O)CC1. The van der Waals surface area contributed by atoms with Crippen LogP contribution in [0.1, 0.15) is 49.4 Å². The van der Waals surface area contributed by atoms with Gasteiger partial charge in [0.1, 0.15) is 5.60 Å². The average molecular weight is 468 g/mol. The largest absolute Gasteiger partial charge is 0.382 e. The van der Waals surface area contributed by atoms with Crippen molar-refractivity contribution in [3.05, 3.63) is 54.1 Å². The van der Waals surface area contributed by atoms with E-state index in [0.29, 0.717) is 42.8 Å². The van der Waals surface area contributed by atoms with Gasteiger partial charge in [0.2, 0.25) is 0 Å². The summed E-state index contributed by atoms with van der Waals surface area (Å²) in [5.41, 5.74) is 1.12. The van der Waals surface area contributed by atoms with Gasteiger partial charge in [0.15, 0.2) is 15.6 Å². The number of amides is 1. The quantitative estimate of drug-likeness (QED) is 0.702. The molecule has 2 aromatic carbocycles. The molecule has 2 unspecified atom stereocenters. The first-order chi connectivity index (χ1) is 15.7. The van der Waals surface area contributed by atoms with Crippen LogP contribution in [0.3, 0.4) is 0 Å². The van der Waals surface area contributed by atoms with E-state index < -0.39 is 15.4 Å². The number of carbonyl (C=O) groups excluding carboxylic acids is 2. The molecule has 2 atom stereocenters. The molecule has 0 radical (unpaired) electrons. The average Bonchev–Trinajstić information content (AvgIpc) is 3.75. The highest BCUT2D eigenvalue weighted by Crippen LogP contribution is 2.41. The number of nitrogens with zero attached hydrogens (tertiary/aromatic N) is 1. The number of sulfone groups is 1. The Balaban J connectivity index is 1.27. The molecular weight excluding hydrogens is 438 g/mol. The molecule has 3 fully saturated rings. The standard InChI is InChI=1S/C26H29NO5S/c1-17-16-27(14-11-23(17)24(28)26(30)12-13-26)25(29)19-7-5-18(6-8-19)20-3-2-4-22(15-20)33(31,32)21-9-10-21/h2-8,15,17,21,23,30H,9-14,16H2,1H3. The minimum absolute atomic E-state index is 0.00949. The van der Waals surface area contributed by atoms with Gasteiger partial charge in [0, 0.05) is 24.6 Å². The van der Waals surface area contributed by atoms with Crippen LogP contribution in [-0.4, -0.2) is 54.1 Å². The Morgan fingerprint density at radius 2 is 1.70 bits per heavy atom. The molecule has 7 heteroatoms. The molecule has 33 heavy (non-hydrogen) atoms. The van der Waals surface area contributed by atoms with E-state index in [1.54, 1.807) is 35.2 Å². The molecule has 3 aliphatic rings. The molecule has 6 nitrogen and oxygen atoms in total. The zero-order valence-corrected chi connectivity index (χ0v) is 19.6. The van der Waals surface area contributed by atoms with Crippen molar-refractivity contribution in [1.82, 2.24) is 4.90 Å². The first-order valence-corrected chi connectivity index (χ1v) is 13.2. The van der Waals surface area contributed by atoms with Crippen LogP contribution < -0.4 is 0 Å². The lowest BCUT2D eigenvalue weighted by Gasteiger charge is -2.37. The predicted octanol–water partition coefficient (Wildman–Crippen LogP) is 3.48. The molecule has 1 heterocycles. The van der Waals surface area contributed by atoms with Crippen LogP contribution in [0.2, 0.25) is 0 Å². The van der Waals surface area contributed by atoms with Gasteiger partial charge in [-0.3, -0.25) is 9.59 Å². The fourth-order valence-corrected chi connectivity index (χ4v) is 6.54. The van der Waals surface area contributed by atoms with Gasteiger partial charge in [-0.25, -0.2) is 8.42 Å². The van der Waals surface area contributed by atoms with Gasteiger partial charge >= 0.3 is 0 Å². The fraction of sp³-hybridized carbons (Fsp3) is 0.462.